The Morgan fingerprint density at radius 2 is 1.84 bits per heavy atom. The van der Waals surface area contributed by atoms with Crippen LogP contribution in [0.2, 0.25) is 0 Å². The van der Waals surface area contributed by atoms with Crippen molar-refractivity contribution in [2.75, 3.05) is 13.1 Å². The molecule has 0 bridgehead atoms. The zero-order chi connectivity index (χ0) is 22.4. The van der Waals surface area contributed by atoms with E-state index in [1.54, 1.807) is 12.4 Å². The topological polar surface area (TPSA) is 58.1 Å². The Bertz CT molecular complexity index is 1020. The maximum atomic E-state index is 13.6. The number of nitrogens with one attached hydrogen (secondary N) is 1. The van der Waals surface area contributed by atoms with Gasteiger partial charge in [0, 0.05) is 49.5 Å². The number of piperidine rings is 1. The number of rotatable bonds is 7. The van der Waals surface area contributed by atoms with Crippen molar-refractivity contribution in [3.05, 3.63) is 84.4 Å². The zero-order valence-corrected chi connectivity index (χ0v) is 19.0. The molecule has 1 aromatic carbocycles. The third kappa shape index (κ3) is 5.22. The molecule has 1 amide bonds. The van der Waals surface area contributed by atoms with Crippen LogP contribution in [0.1, 0.15) is 37.8 Å². The number of carbonyl (C=O) groups excluding carboxylic acids is 1. The third-order valence-corrected chi connectivity index (χ3v) is 6.21. The normalized spacial score (nSPS) is 19.1. The summed E-state index contributed by atoms with van der Waals surface area (Å²) < 4.78 is 0. The van der Waals surface area contributed by atoms with Crippen molar-refractivity contribution >= 4 is 5.91 Å². The summed E-state index contributed by atoms with van der Waals surface area (Å²) in [4.78, 5) is 24.6. The lowest BCUT2D eigenvalue weighted by Crippen LogP contribution is -2.54. The van der Waals surface area contributed by atoms with Crippen molar-refractivity contribution in [1.82, 2.24) is 20.2 Å². The van der Waals surface area contributed by atoms with E-state index in [9.17, 15) is 4.79 Å². The molecule has 4 rings (SSSR count). The number of hydrogen-bond donors (Lipinski definition) is 1. The highest BCUT2D eigenvalue weighted by molar-refractivity contribution is 5.84. The van der Waals surface area contributed by atoms with E-state index in [1.165, 1.54) is 11.1 Å². The van der Waals surface area contributed by atoms with Crippen LogP contribution in [-0.4, -0.2) is 39.9 Å². The zero-order valence-electron chi connectivity index (χ0n) is 19.0. The van der Waals surface area contributed by atoms with Crippen molar-refractivity contribution in [1.29, 1.82) is 0 Å². The van der Waals surface area contributed by atoms with Crippen LogP contribution in [0.15, 0.2) is 73.3 Å². The minimum atomic E-state index is -0.469. The van der Waals surface area contributed by atoms with Crippen molar-refractivity contribution < 1.29 is 4.79 Å². The van der Waals surface area contributed by atoms with E-state index in [-0.39, 0.29) is 11.9 Å². The number of likely N-dealkylation sites (tertiary alicyclic amines) is 1. The Hall–Kier alpha value is -3.05. The highest BCUT2D eigenvalue weighted by Gasteiger charge is 2.42. The van der Waals surface area contributed by atoms with Gasteiger partial charge in [-0.1, -0.05) is 36.4 Å². The Morgan fingerprint density at radius 3 is 2.56 bits per heavy atom. The van der Waals surface area contributed by atoms with Crippen LogP contribution in [0, 0.1) is 5.41 Å². The lowest BCUT2D eigenvalue weighted by molar-refractivity contribution is -0.135. The molecule has 5 heteroatoms. The van der Waals surface area contributed by atoms with E-state index in [4.69, 9.17) is 0 Å². The molecule has 5 nitrogen and oxygen atoms in total. The van der Waals surface area contributed by atoms with Crippen molar-refractivity contribution in [3.63, 3.8) is 0 Å². The molecule has 1 saturated heterocycles. The maximum absolute atomic E-state index is 13.6. The van der Waals surface area contributed by atoms with Gasteiger partial charge in [0.15, 0.2) is 0 Å². The molecule has 1 fully saturated rings. The van der Waals surface area contributed by atoms with Crippen LogP contribution in [0.3, 0.4) is 0 Å². The molecule has 1 N–H and O–H groups in total. The predicted molar refractivity (Wildman–Crippen MR) is 128 cm³/mol. The van der Waals surface area contributed by atoms with E-state index in [0.29, 0.717) is 6.42 Å². The van der Waals surface area contributed by atoms with Crippen LogP contribution in [0.4, 0.5) is 0 Å². The second kappa shape index (κ2) is 10.0. The van der Waals surface area contributed by atoms with E-state index in [2.05, 4.69) is 56.6 Å². The molecular weight excluding hydrogens is 396 g/mol. The molecule has 32 heavy (non-hydrogen) atoms. The molecule has 0 saturated carbocycles. The summed E-state index contributed by atoms with van der Waals surface area (Å²) in [6.45, 7) is 6.61. The fourth-order valence-electron chi connectivity index (χ4n) is 4.78. The number of amides is 1. The highest BCUT2D eigenvalue weighted by Crippen LogP contribution is 2.37. The first-order valence-corrected chi connectivity index (χ1v) is 11.5. The van der Waals surface area contributed by atoms with Gasteiger partial charge in [-0.15, -0.1) is 0 Å². The first kappa shape index (κ1) is 22.2. The van der Waals surface area contributed by atoms with E-state index in [0.717, 1.165) is 43.6 Å². The van der Waals surface area contributed by atoms with Crippen LogP contribution in [-0.2, 0) is 17.8 Å². The Morgan fingerprint density at radius 1 is 1.06 bits per heavy atom. The summed E-state index contributed by atoms with van der Waals surface area (Å²) in [5.41, 5.74) is 4.15. The van der Waals surface area contributed by atoms with Crippen LogP contribution in [0.25, 0.3) is 11.1 Å². The summed E-state index contributed by atoms with van der Waals surface area (Å²) in [7, 11) is 0. The van der Waals surface area contributed by atoms with E-state index in [1.807, 2.05) is 38.4 Å². The minimum Gasteiger partial charge on any atom is -0.353 e. The first-order chi connectivity index (χ1) is 15.6. The molecule has 0 spiro atoms. The Balaban J connectivity index is 1.65. The van der Waals surface area contributed by atoms with Gasteiger partial charge in [0.1, 0.15) is 0 Å². The molecule has 1 unspecified atom stereocenters. The van der Waals surface area contributed by atoms with Gasteiger partial charge in [-0.05, 0) is 68.5 Å². The summed E-state index contributed by atoms with van der Waals surface area (Å²) in [6, 6.07) is 16.7. The van der Waals surface area contributed by atoms with Gasteiger partial charge in [-0.2, -0.15) is 0 Å². The second-order valence-electron chi connectivity index (χ2n) is 9.16. The average Bonchev–Trinajstić information content (AvgIpc) is 2.80. The number of pyridine rings is 2. The number of aromatic nitrogens is 2. The number of benzene rings is 1. The van der Waals surface area contributed by atoms with Crippen molar-refractivity contribution in [2.24, 2.45) is 5.41 Å². The van der Waals surface area contributed by atoms with Gasteiger partial charge in [-0.25, -0.2) is 0 Å². The van der Waals surface area contributed by atoms with Gasteiger partial charge >= 0.3 is 0 Å². The smallest absolute Gasteiger partial charge is 0.228 e. The first-order valence-electron chi connectivity index (χ1n) is 11.5. The van der Waals surface area contributed by atoms with Gasteiger partial charge in [0.2, 0.25) is 5.91 Å². The lowest BCUT2D eigenvalue weighted by Gasteiger charge is -2.42. The lowest BCUT2D eigenvalue weighted by atomic mass is 9.73. The average molecular weight is 429 g/mol. The quantitative estimate of drug-likeness (QED) is 0.602. The second-order valence-corrected chi connectivity index (χ2v) is 9.16. The summed E-state index contributed by atoms with van der Waals surface area (Å²) in [6.07, 6.45) is 10.0. The van der Waals surface area contributed by atoms with Crippen LogP contribution < -0.4 is 5.32 Å². The van der Waals surface area contributed by atoms with Gasteiger partial charge in [0.25, 0.3) is 0 Å². The standard InChI is InChI=1S/C27H32N4O/c1-21(2)30-26(32)27(12-7-15-31(20-27)19-22-8-5-13-28-17-22)16-23-9-3-4-11-25(23)24-10-6-14-29-18-24/h3-6,8-11,13-14,17-18,21H,7,12,15-16,19-20H2,1-2H3,(H,30,32). The predicted octanol–water partition coefficient (Wildman–Crippen LogP) is 4.49. The molecule has 2 aromatic heterocycles. The molecule has 1 aliphatic heterocycles. The molecule has 0 radical (unpaired) electrons. The molecule has 1 aliphatic rings. The molecule has 3 heterocycles. The SMILES string of the molecule is CC(C)NC(=O)C1(Cc2ccccc2-c2cccnc2)CCCN(Cc2cccnc2)C1. The van der Waals surface area contributed by atoms with E-state index >= 15 is 0 Å². The highest BCUT2D eigenvalue weighted by atomic mass is 16.2. The number of carbonyl (C=O) groups is 1. The van der Waals surface area contributed by atoms with Gasteiger partial charge in [0.05, 0.1) is 5.41 Å². The minimum absolute atomic E-state index is 0.113. The molecular formula is C27H32N4O. The van der Waals surface area contributed by atoms with Gasteiger partial charge < -0.3 is 5.32 Å². The molecule has 3 aromatic rings. The summed E-state index contributed by atoms with van der Waals surface area (Å²) in [5, 5.41) is 3.23. The van der Waals surface area contributed by atoms with Crippen molar-refractivity contribution in [3.8, 4) is 11.1 Å². The van der Waals surface area contributed by atoms with E-state index < -0.39 is 5.41 Å². The number of nitrogens with zero attached hydrogens (tertiary/aromatic N) is 3. The fourth-order valence-corrected chi connectivity index (χ4v) is 4.78. The fraction of sp³-hybridized carbons (Fsp3) is 0.370. The van der Waals surface area contributed by atoms with Crippen LogP contribution in [0.5, 0.6) is 0 Å². The number of hydrogen-bond acceptors (Lipinski definition) is 4. The van der Waals surface area contributed by atoms with Crippen molar-refractivity contribution in [2.45, 2.75) is 45.7 Å². The molecule has 0 aliphatic carbocycles. The summed E-state index contributed by atoms with van der Waals surface area (Å²) >= 11 is 0. The third-order valence-electron chi connectivity index (χ3n) is 6.21. The van der Waals surface area contributed by atoms with Gasteiger partial charge in [-0.3, -0.25) is 19.7 Å². The molecule has 1 atom stereocenters. The monoisotopic (exact) mass is 428 g/mol. The van der Waals surface area contributed by atoms with Crippen LogP contribution >= 0.6 is 0 Å². The Kier molecular flexibility index (Phi) is 6.96. The Labute approximate surface area is 190 Å². The largest absolute Gasteiger partial charge is 0.353 e. The summed E-state index contributed by atoms with van der Waals surface area (Å²) in [5.74, 6) is 0.157. The molecule has 166 valence electrons. The maximum Gasteiger partial charge on any atom is 0.228 e.